The van der Waals surface area contributed by atoms with Crippen molar-refractivity contribution in [2.75, 3.05) is 29.5 Å². The Bertz CT molecular complexity index is 522. The van der Waals surface area contributed by atoms with E-state index in [1.807, 2.05) is 17.0 Å². The molecule has 0 radical (unpaired) electrons. The van der Waals surface area contributed by atoms with Crippen LogP contribution in [0.1, 0.15) is 5.56 Å². The molecule has 6 heteroatoms. The quantitative estimate of drug-likeness (QED) is 0.867. The van der Waals surface area contributed by atoms with Crippen LogP contribution in [0.15, 0.2) is 24.3 Å². The van der Waals surface area contributed by atoms with Gasteiger partial charge in [0.1, 0.15) is 0 Å². The summed E-state index contributed by atoms with van der Waals surface area (Å²) in [5.41, 5.74) is 1.69. The number of carbonyl (C=O) groups is 1. The van der Waals surface area contributed by atoms with Crippen molar-refractivity contribution in [2.24, 2.45) is 0 Å². The Hall–Kier alpha value is -1.56. The van der Waals surface area contributed by atoms with Crippen molar-refractivity contribution in [3.05, 3.63) is 29.8 Å². The van der Waals surface area contributed by atoms with Crippen LogP contribution in [-0.4, -0.2) is 44.1 Å². The molecular formula is C12H15NO4S. The Balaban J connectivity index is 2.04. The van der Waals surface area contributed by atoms with Crippen LogP contribution < -0.4 is 4.90 Å². The van der Waals surface area contributed by atoms with Gasteiger partial charge in [-0.2, -0.15) is 0 Å². The first-order valence-corrected chi connectivity index (χ1v) is 7.54. The zero-order valence-corrected chi connectivity index (χ0v) is 10.7. The molecule has 18 heavy (non-hydrogen) atoms. The number of carboxylic acid groups (broad SMARTS) is 1. The maximum absolute atomic E-state index is 11.3. The van der Waals surface area contributed by atoms with Gasteiger partial charge in [0.05, 0.1) is 17.9 Å². The van der Waals surface area contributed by atoms with Gasteiger partial charge in [-0.3, -0.25) is 4.79 Å². The van der Waals surface area contributed by atoms with Crippen molar-refractivity contribution in [3.8, 4) is 0 Å². The molecule has 0 amide bonds. The largest absolute Gasteiger partial charge is 0.481 e. The van der Waals surface area contributed by atoms with E-state index in [2.05, 4.69) is 0 Å². The normalized spacial score (nSPS) is 18.6. The minimum Gasteiger partial charge on any atom is -0.481 e. The van der Waals surface area contributed by atoms with Crippen LogP contribution in [0, 0.1) is 0 Å². The van der Waals surface area contributed by atoms with Crippen molar-refractivity contribution in [1.82, 2.24) is 0 Å². The van der Waals surface area contributed by atoms with Gasteiger partial charge in [-0.25, -0.2) is 8.42 Å². The molecule has 2 rings (SSSR count). The zero-order chi connectivity index (χ0) is 13.2. The van der Waals surface area contributed by atoms with Gasteiger partial charge in [0.15, 0.2) is 9.84 Å². The lowest BCUT2D eigenvalue weighted by molar-refractivity contribution is -0.136. The Kier molecular flexibility index (Phi) is 3.56. The van der Waals surface area contributed by atoms with Crippen LogP contribution >= 0.6 is 0 Å². The van der Waals surface area contributed by atoms with E-state index < -0.39 is 15.8 Å². The average molecular weight is 269 g/mol. The Labute approximate surface area is 106 Å². The fourth-order valence-electron chi connectivity index (χ4n) is 1.97. The van der Waals surface area contributed by atoms with Crippen molar-refractivity contribution >= 4 is 21.5 Å². The van der Waals surface area contributed by atoms with Crippen LogP contribution in [0.5, 0.6) is 0 Å². The maximum Gasteiger partial charge on any atom is 0.307 e. The van der Waals surface area contributed by atoms with Crippen molar-refractivity contribution < 1.29 is 18.3 Å². The topological polar surface area (TPSA) is 74.7 Å². The number of rotatable bonds is 3. The minimum absolute atomic E-state index is 0.00859. The molecule has 0 spiro atoms. The molecule has 5 nitrogen and oxygen atoms in total. The predicted octanol–water partition coefficient (Wildman–Crippen LogP) is 0.549. The van der Waals surface area contributed by atoms with Gasteiger partial charge in [0.2, 0.25) is 0 Å². The third-order valence-electron chi connectivity index (χ3n) is 3.00. The van der Waals surface area contributed by atoms with E-state index in [9.17, 15) is 13.2 Å². The first kappa shape index (κ1) is 12.9. The summed E-state index contributed by atoms with van der Waals surface area (Å²) in [6.07, 6.45) is 0.00859. The van der Waals surface area contributed by atoms with Crippen LogP contribution in [0.4, 0.5) is 5.69 Å². The van der Waals surface area contributed by atoms with E-state index in [4.69, 9.17) is 5.11 Å². The fourth-order valence-corrected chi connectivity index (χ4v) is 3.17. The van der Waals surface area contributed by atoms with E-state index in [1.165, 1.54) is 0 Å². The monoisotopic (exact) mass is 269 g/mol. The molecule has 0 saturated carbocycles. The summed E-state index contributed by atoms with van der Waals surface area (Å²) in [7, 11) is -2.87. The molecule has 1 aromatic carbocycles. The second-order valence-corrected chi connectivity index (χ2v) is 6.68. The van der Waals surface area contributed by atoms with Crippen molar-refractivity contribution in [2.45, 2.75) is 6.42 Å². The molecule has 1 aliphatic heterocycles. The number of sulfone groups is 1. The third kappa shape index (κ3) is 3.22. The molecule has 0 aliphatic carbocycles. The van der Waals surface area contributed by atoms with Gasteiger partial charge in [-0.05, 0) is 17.7 Å². The smallest absolute Gasteiger partial charge is 0.307 e. The number of benzene rings is 1. The van der Waals surface area contributed by atoms with E-state index in [0.717, 1.165) is 11.3 Å². The molecule has 0 atom stereocenters. The molecular weight excluding hydrogens is 254 g/mol. The summed E-state index contributed by atoms with van der Waals surface area (Å²) in [6.45, 7) is 1.00. The highest BCUT2D eigenvalue weighted by Gasteiger charge is 2.21. The first-order chi connectivity index (χ1) is 8.46. The Morgan fingerprint density at radius 1 is 1.17 bits per heavy atom. The highest BCUT2D eigenvalue weighted by molar-refractivity contribution is 7.91. The standard InChI is InChI=1S/C12H15NO4S/c14-12(15)9-10-1-3-11(4-2-10)13-5-7-18(16,17)8-6-13/h1-4H,5-9H2,(H,14,15). The Morgan fingerprint density at radius 3 is 2.22 bits per heavy atom. The van der Waals surface area contributed by atoms with Gasteiger partial charge in [-0.1, -0.05) is 12.1 Å². The number of hydrogen-bond donors (Lipinski definition) is 1. The molecule has 1 fully saturated rings. The lowest BCUT2D eigenvalue weighted by atomic mass is 10.1. The van der Waals surface area contributed by atoms with Gasteiger partial charge >= 0.3 is 5.97 Å². The molecule has 1 saturated heterocycles. The fraction of sp³-hybridized carbons (Fsp3) is 0.417. The van der Waals surface area contributed by atoms with E-state index >= 15 is 0 Å². The molecule has 98 valence electrons. The second-order valence-electron chi connectivity index (χ2n) is 4.38. The summed E-state index contributed by atoms with van der Waals surface area (Å²) < 4.78 is 22.6. The molecule has 0 unspecified atom stereocenters. The van der Waals surface area contributed by atoms with Gasteiger partial charge in [0, 0.05) is 18.8 Å². The van der Waals surface area contributed by atoms with E-state index in [-0.39, 0.29) is 17.9 Å². The van der Waals surface area contributed by atoms with Gasteiger partial charge in [0.25, 0.3) is 0 Å². The first-order valence-electron chi connectivity index (χ1n) is 5.72. The molecule has 0 aromatic heterocycles. The summed E-state index contributed by atoms with van der Waals surface area (Å²) in [4.78, 5) is 12.6. The lowest BCUT2D eigenvalue weighted by Crippen LogP contribution is -2.40. The molecule has 1 heterocycles. The summed E-state index contributed by atoms with van der Waals surface area (Å²) in [6, 6.07) is 7.23. The third-order valence-corrected chi connectivity index (χ3v) is 4.61. The minimum atomic E-state index is -2.87. The van der Waals surface area contributed by atoms with Crippen LogP contribution in [0.3, 0.4) is 0 Å². The van der Waals surface area contributed by atoms with Crippen LogP contribution in [-0.2, 0) is 21.1 Å². The molecule has 1 N–H and O–H groups in total. The summed E-state index contributed by atoms with van der Waals surface area (Å²) in [5, 5.41) is 8.67. The lowest BCUT2D eigenvalue weighted by Gasteiger charge is -2.28. The summed E-state index contributed by atoms with van der Waals surface area (Å²) in [5.74, 6) is -0.486. The number of carboxylic acids is 1. The zero-order valence-electron chi connectivity index (χ0n) is 9.87. The van der Waals surface area contributed by atoms with Gasteiger partial charge in [-0.15, -0.1) is 0 Å². The maximum atomic E-state index is 11.3. The van der Waals surface area contributed by atoms with Crippen LogP contribution in [0.2, 0.25) is 0 Å². The number of nitrogens with zero attached hydrogens (tertiary/aromatic N) is 1. The van der Waals surface area contributed by atoms with E-state index in [1.54, 1.807) is 12.1 Å². The highest BCUT2D eigenvalue weighted by atomic mass is 32.2. The van der Waals surface area contributed by atoms with Crippen molar-refractivity contribution in [1.29, 1.82) is 0 Å². The average Bonchev–Trinajstić information content (AvgIpc) is 2.30. The van der Waals surface area contributed by atoms with E-state index in [0.29, 0.717) is 13.1 Å². The van der Waals surface area contributed by atoms with Gasteiger partial charge < -0.3 is 10.0 Å². The second kappa shape index (κ2) is 4.97. The number of hydrogen-bond acceptors (Lipinski definition) is 4. The molecule has 1 aromatic rings. The Morgan fingerprint density at radius 2 is 1.72 bits per heavy atom. The molecule has 1 aliphatic rings. The summed E-state index contributed by atoms with van der Waals surface area (Å²) >= 11 is 0. The number of aliphatic carboxylic acids is 1. The predicted molar refractivity (Wildman–Crippen MR) is 68.6 cm³/mol. The number of anilines is 1. The molecule has 0 bridgehead atoms. The van der Waals surface area contributed by atoms with Crippen molar-refractivity contribution in [3.63, 3.8) is 0 Å². The highest BCUT2D eigenvalue weighted by Crippen LogP contribution is 2.18. The SMILES string of the molecule is O=C(O)Cc1ccc(N2CCS(=O)(=O)CC2)cc1. The van der Waals surface area contributed by atoms with Crippen LogP contribution in [0.25, 0.3) is 0 Å².